The van der Waals surface area contributed by atoms with Crippen LogP contribution >= 0.6 is 31.9 Å². The van der Waals surface area contributed by atoms with Crippen LogP contribution in [0, 0.1) is 0 Å². The van der Waals surface area contributed by atoms with Crippen molar-refractivity contribution >= 4 is 31.9 Å². The first kappa shape index (κ1) is 17.3. The van der Waals surface area contributed by atoms with Crippen LogP contribution in [0.25, 0.3) is 0 Å². The van der Waals surface area contributed by atoms with Crippen molar-refractivity contribution in [3.05, 3.63) is 26.6 Å². The minimum atomic E-state index is 0.267. The van der Waals surface area contributed by atoms with Crippen LogP contribution in [0.1, 0.15) is 38.2 Å². The Morgan fingerprint density at radius 1 is 1.24 bits per heavy atom. The number of aromatic hydroxyl groups is 1. The Bertz CT molecular complexity index is 437. The van der Waals surface area contributed by atoms with Gasteiger partial charge in [-0.25, -0.2) is 0 Å². The van der Waals surface area contributed by atoms with E-state index in [2.05, 4.69) is 49.0 Å². The van der Waals surface area contributed by atoms with Crippen molar-refractivity contribution in [3.63, 3.8) is 0 Å². The van der Waals surface area contributed by atoms with Gasteiger partial charge in [0.05, 0.1) is 8.95 Å². The quantitative estimate of drug-likeness (QED) is 0.722. The Kier molecular flexibility index (Phi) is 6.99. The third-order valence-electron chi connectivity index (χ3n) is 4.09. The topological polar surface area (TPSA) is 35.5 Å². The Morgan fingerprint density at radius 2 is 1.86 bits per heavy atom. The molecule has 2 rings (SSSR count). The molecule has 0 radical (unpaired) electrons. The van der Waals surface area contributed by atoms with E-state index < -0.39 is 0 Å². The summed E-state index contributed by atoms with van der Waals surface area (Å²) in [5, 5.41) is 13.4. The molecule has 5 heteroatoms. The summed E-state index contributed by atoms with van der Waals surface area (Å²) in [5.74, 6) is 0.267. The molecule has 118 valence electrons. The minimum Gasteiger partial charge on any atom is -0.506 e. The van der Waals surface area contributed by atoms with Gasteiger partial charge in [0, 0.05) is 12.6 Å². The molecule has 0 unspecified atom stereocenters. The summed E-state index contributed by atoms with van der Waals surface area (Å²) in [4.78, 5) is 2.58. The Labute approximate surface area is 144 Å². The van der Waals surface area contributed by atoms with Crippen LogP contribution in [0.2, 0.25) is 0 Å². The summed E-state index contributed by atoms with van der Waals surface area (Å²) < 4.78 is 1.48. The smallest absolute Gasteiger partial charge is 0.143 e. The van der Waals surface area contributed by atoms with Gasteiger partial charge in [0.25, 0.3) is 0 Å². The van der Waals surface area contributed by atoms with E-state index in [1.54, 1.807) is 0 Å². The first-order valence-corrected chi connectivity index (χ1v) is 9.31. The Balaban J connectivity index is 1.77. The zero-order chi connectivity index (χ0) is 15.2. The summed E-state index contributed by atoms with van der Waals surface area (Å²) >= 11 is 6.76. The molecule has 0 atom stereocenters. The van der Waals surface area contributed by atoms with Gasteiger partial charge in [0.2, 0.25) is 0 Å². The molecule has 21 heavy (non-hydrogen) atoms. The Hall–Kier alpha value is -0.100. The van der Waals surface area contributed by atoms with Crippen LogP contribution in [0.4, 0.5) is 0 Å². The molecule has 0 saturated carbocycles. The lowest BCUT2D eigenvalue weighted by Crippen LogP contribution is -2.42. The van der Waals surface area contributed by atoms with E-state index in [1.165, 1.54) is 50.9 Å². The predicted molar refractivity (Wildman–Crippen MR) is 94.7 cm³/mol. The lowest BCUT2D eigenvalue weighted by molar-refractivity contribution is 0.195. The van der Waals surface area contributed by atoms with E-state index in [1.807, 2.05) is 12.1 Å². The van der Waals surface area contributed by atoms with Crippen LogP contribution in [-0.4, -0.2) is 35.7 Å². The van der Waals surface area contributed by atoms with Crippen LogP contribution in [0.15, 0.2) is 21.1 Å². The number of unbranched alkanes of at least 4 members (excludes halogenated alkanes) is 1. The third-order valence-corrected chi connectivity index (χ3v) is 5.30. The molecule has 1 aromatic carbocycles. The number of hydrogen-bond acceptors (Lipinski definition) is 3. The van der Waals surface area contributed by atoms with E-state index in [9.17, 15) is 5.11 Å². The van der Waals surface area contributed by atoms with Crippen molar-refractivity contribution in [1.29, 1.82) is 0 Å². The maximum absolute atomic E-state index is 9.73. The molecule has 0 spiro atoms. The molecule has 1 heterocycles. The second-order valence-corrected chi connectivity index (χ2v) is 7.47. The zero-order valence-electron chi connectivity index (χ0n) is 12.5. The highest BCUT2D eigenvalue weighted by Crippen LogP contribution is 2.33. The number of nitrogens with one attached hydrogen (secondary N) is 1. The molecule has 0 amide bonds. The molecular formula is C16H24Br2N2O. The highest BCUT2D eigenvalue weighted by atomic mass is 79.9. The lowest BCUT2D eigenvalue weighted by atomic mass is 10.0. The van der Waals surface area contributed by atoms with Crippen LogP contribution in [-0.2, 0) is 6.54 Å². The number of likely N-dealkylation sites (tertiary alicyclic amines) is 1. The molecule has 1 fully saturated rings. The minimum absolute atomic E-state index is 0.267. The number of piperidine rings is 1. The summed E-state index contributed by atoms with van der Waals surface area (Å²) in [5.41, 5.74) is 1.18. The molecule has 3 nitrogen and oxygen atoms in total. The second kappa shape index (κ2) is 8.51. The number of halogens is 2. The molecular weight excluding hydrogens is 396 g/mol. The maximum Gasteiger partial charge on any atom is 0.143 e. The van der Waals surface area contributed by atoms with Gasteiger partial charge in [-0.15, -0.1) is 0 Å². The summed E-state index contributed by atoms with van der Waals surface area (Å²) in [7, 11) is 0. The SMILES string of the molecule is CCCCN1CCC(NCc2cc(Br)c(O)c(Br)c2)CC1. The fourth-order valence-corrected chi connectivity index (χ4v) is 4.01. The van der Waals surface area contributed by atoms with Gasteiger partial charge in [-0.05, 0) is 88.5 Å². The van der Waals surface area contributed by atoms with E-state index >= 15 is 0 Å². The Morgan fingerprint density at radius 3 is 2.43 bits per heavy atom. The first-order valence-electron chi connectivity index (χ1n) is 7.72. The van der Waals surface area contributed by atoms with Gasteiger partial charge in [-0.3, -0.25) is 0 Å². The lowest BCUT2D eigenvalue weighted by Gasteiger charge is -2.32. The van der Waals surface area contributed by atoms with E-state index in [-0.39, 0.29) is 5.75 Å². The maximum atomic E-state index is 9.73. The number of hydrogen-bond donors (Lipinski definition) is 2. The number of phenols is 1. The van der Waals surface area contributed by atoms with E-state index in [4.69, 9.17) is 0 Å². The predicted octanol–water partition coefficient (Wildman–Crippen LogP) is 4.27. The highest BCUT2D eigenvalue weighted by Gasteiger charge is 2.18. The molecule has 1 aliphatic heterocycles. The number of rotatable bonds is 6. The summed E-state index contributed by atoms with van der Waals surface area (Å²) in [6.07, 6.45) is 5.05. The van der Waals surface area contributed by atoms with Crippen LogP contribution in [0.5, 0.6) is 5.75 Å². The molecule has 1 saturated heterocycles. The first-order chi connectivity index (χ1) is 10.1. The van der Waals surface area contributed by atoms with Gasteiger partial charge in [-0.2, -0.15) is 0 Å². The number of phenolic OH excluding ortho intramolecular Hbond substituents is 1. The molecule has 0 aromatic heterocycles. The molecule has 1 aromatic rings. The van der Waals surface area contributed by atoms with E-state index in [0.29, 0.717) is 6.04 Å². The van der Waals surface area contributed by atoms with E-state index in [0.717, 1.165) is 15.5 Å². The standard InChI is InChI=1S/C16H24Br2N2O/c1-2-3-6-20-7-4-13(5-8-20)19-11-12-9-14(17)16(21)15(18)10-12/h9-10,13,19,21H,2-8,11H2,1H3. The monoisotopic (exact) mass is 418 g/mol. The van der Waals surface area contributed by atoms with Gasteiger partial charge in [-0.1, -0.05) is 13.3 Å². The number of nitrogens with zero attached hydrogens (tertiary/aromatic N) is 1. The van der Waals surface area contributed by atoms with Gasteiger partial charge in [0.1, 0.15) is 5.75 Å². The van der Waals surface area contributed by atoms with Gasteiger partial charge < -0.3 is 15.3 Å². The van der Waals surface area contributed by atoms with Crippen LogP contribution in [0.3, 0.4) is 0 Å². The normalized spacial score (nSPS) is 17.3. The molecule has 1 aliphatic rings. The largest absolute Gasteiger partial charge is 0.506 e. The van der Waals surface area contributed by atoms with Crippen molar-refractivity contribution in [3.8, 4) is 5.75 Å². The fourth-order valence-electron chi connectivity index (χ4n) is 2.72. The van der Waals surface area contributed by atoms with Crippen molar-refractivity contribution in [1.82, 2.24) is 10.2 Å². The van der Waals surface area contributed by atoms with Crippen molar-refractivity contribution in [2.75, 3.05) is 19.6 Å². The van der Waals surface area contributed by atoms with Gasteiger partial charge >= 0.3 is 0 Å². The molecule has 0 aliphatic carbocycles. The van der Waals surface area contributed by atoms with Crippen molar-refractivity contribution in [2.45, 2.75) is 45.2 Å². The summed E-state index contributed by atoms with van der Waals surface area (Å²) in [6.45, 7) is 6.77. The zero-order valence-corrected chi connectivity index (χ0v) is 15.7. The average Bonchev–Trinajstić information content (AvgIpc) is 2.49. The van der Waals surface area contributed by atoms with Crippen molar-refractivity contribution < 1.29 is 5.11 Å². The van der Waals surface area contributed by atoms with Crippen LogP contribution < -0.4 is 5.32 Å². The average molecular weight is 420 g/mol. The fraction of sp³-hybridized carbons (Fsp3) is 0.625. The highest BCUT2D eigenvalue weighted by molar-refractivity contribution is 9.11. The molecule has 2 N–H and O–H groups in total. The third kappa shape index (κ3) is 5.23. The molecule has 0 bridgehead atoms. The van der Waals surface area contributed by atoms with Gasteiger partial charge in [0.15, 0.2) is 0 Å². The summed E-state index contributed by atoms with van der Waals surface area (Å²) in [6, 6.07) is 4.56. The second-order valence-electron chi connectivity index (χ2n) is 5.76. The van der Waals surface area contributed by atoms with Crippen molar-refractivity contribution in [2.24, 2.45) is 0 Å². The number of benzene rings is 1.